The number of carbonyl (C=O) groups is 1. The molecule has 0 spiro atoms. The van der Waals surface area contributed by atoms with E-state index in [1.165, 1.54) is 12.3 Å². The van der Waals surface area contributed by atoms with Crippen LogP contribution in [0.25, 0.3) is 0 Å². The molecule has 0 saturated carbocycles. The van der Waals surface area contributed by atoms with Crippen molar-refractivity contribution >= 4 is 12.1 Å². The maximum absolute atomic E-state index is 11.2. The molecule has 1 rings (SSSR count). The van der Waals surface area contributed by atoms with Crippen LogP contribution in [0.5, 0.6) is 0 Å². The molecule has 0 aliphatic carbocycles. The molecule has 3 nitrogen and oxygen atoms in total. The third kappa shape index (κ3) is 3.67. The number of hydrogen-bond donors (Lipinski definition) is 1. The minimum absolute atomic E-state index is 0.130. The summed E-state index contributed by atoms with van der Waals surface area (Å²) in [7, 11) is 0. The van der Waals surface area contributed by atoms with Crippen molar-refractivity contribution in [3.8, 4) is 0 Å². The number of carbonyl (C=O) groups excluding carboxylic acids is 1. The van der Waals surface area contributed by atoms with E-state index in [4.69, 9.17) is 0 Å². The van der Waals surface area contributed by atoms with E-state index in [1.807, 2.05) is 30.3 Å². The fraction of sp³-hybridized carbons (Fsp3) is 0.0909. The molecule has 0 aliphatic rings. The summed E-state index contributed by atoms with van der Waals surface area (Å²) in [5.74, 6) is -0.130. The Balaban J connectivity index is 2.42. The first kappa shape index (κ1) is 10.2. The number of allylic oxidation sites excluding steroid dienone is 1. The van der Waals surface area contributed by atoms with E-state index < -0.39 is 0 Å². The van der Waals surface area contributed by atoms with Gasteiger partial charge in [-0.15, -0.1) is 0 Å². The first-order valence-corrected chi connectivity index (χ1v) is 4.30. The van der Waals surface area contributed by atoms with Gasteiger partial charge >= 0.3 is 0 Å². The van der Waals surface area contributed by atoms with Crippen LogP contribution in [0, 0.1) is 0 Å². The number of amides is 1. The second kappa shape index (κ2) is 5.70. The van der Waals surface area contributed by atoms with Gasteiger partial charge in [-0.05, 0) is 11.6 Å². The number of benzene rings is 1. The smallest absolute Gasteiger partial charge is 0.244 e. The Morgan fingerprint density at radius 3 is 2.79 bits per heavy atom. The molecular weight excluding hydrogens is 176 g/mol. The number of hydrazone groups is 1. The molecule has 0 unspecified atom stereocenters. The summed E-state index contributed by atoms with van der Waals surface area (Å²) >= 11 is 0. The molecule has 1 aromatic carbocycles. The lowest BCUT2D eigenvalue weighted by Crippen LogP contribution is -2.19. The minimum atomic E-state index is -0.130. The second-order valence-corrected chi connectivity index (χ2v) is 2.71. The number of rotatable bonds is 4. The Bertz CT molecular complexity index is 330. The summed E-state index contributed by atoms with van der Waals surface area (Å²) in [5.41, 5.74) is 3.36. The molecule has 3 heteroatoms. The van der Waals surface area contributed by atoms with Crippen LogP contribution in [-0.2, 0) is 11.2 Å². The van der Waals surface area contributed by atoms with Crippen LogP contribution in [0.4, 0.5) is 0 Å². The Kier molecular flexibility index (Phi) is 4.14. The van der Waals surface area contributed by atoms with Crippen LogP contribution in [0.3, 0.4) is 0 Å². The van der Waals surface area contributed by atoms with Gasteiger partial charge in [0.25, 0.3) is 0 Å². The second-order valence-electron chi connectivity index (χ2n) is 2.71. The quantitative estimate of drug-likeness (QED) is 0.565. The number of hydrogen-bond acceptors (Lipinski definition) is 2. The highest BCUT2D eigenvalue weighted by Gasteiger charge is 1.99. The zero-order chi connectivity index (χ0) is 10.2. The lowest BCUT2D eigenvalue weighted by atomic mass is 10.1. The van der Waals surface area contributed by atoms with Gasteiger partial charge in [-0.1, -0.05) is 36.9 Å². The van der Waals surface area contributed by atoms with Crippen LogP contribution in [0.15, 0.2) is 48.1 Å². The van der Waals surface area contributed by atoms with E-state index in [0.29, 0.717) is 6.42 Å². The molecular formula is C11H12N2O. The Morgan fingerprint density at radius 2 is 2.14 bits per heavy atom. The largest absolute Gasteiger partial charge is 0.273 e. The van der Waals surface area contributed by atoms with Gasteiger partial charge < -0.3 is 0 Å². The van der Waals surface area contributed by atoms with E-state index in [-0.39, 0.29) is 5.91 Å². The van der Waals surface area contributed by atoms with E-state index in [9.17, 15) is 4.79 Å². The van der Waals surface area contributed by atoms with Crippen molar-refractivity contribution < 1.29 is 4.79 Å². The summed E-state index contributed by atoms with van der Waals surface area (Å²) in [6, 6.07) is 9.51. The average Bonchev–Trinajstić information content (AvgIpc) is 2.20. The highest BCUT2D eigenvalue weighted by molar-refractivity contribution is 5.80. The van der Waals surface area contributed by atoms with Crippen LogP contribution in [-0.4, -0.2) is 12.1 Å². The standard InChI is InChI=1S/C11H12N2O/c1-2-8-12-13-11(14)9-10-6-4-3-5-7-10/h2-8H,1,9H2,(H,13,14)/b12-8-. The van der Waals surface area contributed by atoms with Crippen molar-refractivity contribution in [2.75, 3.05) is 0 Å². The van der Waals surface area contributed by atoms with Gasteiger partial charge in [-0.25, -0.2) is 5.43 Å². The first-order chi connectivity index (χ1) is 6.83. The summed E-state index contributed by atoms with van der Waals surface area (Å²) in [4.78, 5) is 11.2. The molecule has 0 radical (unpaired) electrons. The highest BCUT2D eigenvalue weighted by atomic mass is 16.2. The maximum Gasteiger partial charge on any atom is 0.244 e. The van der Waals surface area contributed by atoms with Gasteiger partial charge in [0.05, 0.1) is 6.42 Å². The molecule has 1 amide bonds. The Hall–Kier alpha value is -1.90. The van der Waals surface area contributed by atoms with Crippen LogP contribution in [0.2, 0.25) is 0 Å². The molecule has 0 saturated heterocycles. The van der Waals surface area contributed by atoms with Gasteiger partial charge in [0, 0.05) is 6.21 Å². The molecule has 0 aromatic heterocycles. The van der Waals surface area contributed by atoms with Crippen molar-refractivity contribution in [1.82, 2.24) is 5.43 Å². The van der Waals surface area contributed by atoms with Crippen LogP contribution >= 0.6 is 0 Å². The molecule has 0 fully saturated rings. The van der Waals surface area contributed by atoms with Gasteiger partial charge in [0.2, 0.25) is 5.91 Å². The molecule has 14 heavy (non-hydrogen) atoms. The third-order valence-corrected chi connectivity index (χ3v) is 1.58. The molecule has 0 heterocycles. The van der Waals surface area contributed by atoms with E-state index in [1.54, 1.807) is 0 Å². The molecule has 72 valence electrons. The summed E-state index contributed by atoms with van der Waals surface area (Å²) in [6.45, 7) is 3.44. The first-order valence-electron chi connectivity index (χ1n) is 4.30. The number of nitrogens with one attached hydrogen (secondary N) is 1. The summed E-state index contributed by atoms with van der Waals surface area (Å²) < 4.78 is 0. The van der Waals surface area contributed by atoms with Gasteiger partial charge in [0.15, 0.2) is 0 Å². The molecule has 1 aromatic rings. The van der Waals surface area contributed by atoms with Gasteiger partial charge in [-0.3, -0.25) is 4.79 Å². The highest BCUT2D eigenvalue weighted by Crippen LogP contribution is 1.98. The maximum atomic E-state index is 11.2. The fourth-order valence-corrected chi connectivity index (χ4v) is 0.983. The molecule has 0 aliphatic heterocycles. The Labute approximate surface area is 83.1 Å². The van der Waals surface area contributed by atoms with E-state index in [0.717, 1.165) is 5.56 Å². The normalized spacial score (nSPS) is 10.0. The predicted molar refractivity (Wildman–Crippen MR) is 57.0 cm³/mol. The topological polar surface area (TPSA) is 41.5 Å². The number of nitrogens with zero attached hydrogens (tertiary/aromatic N) is 1. The fourth-order valence-electron chi connectivity index (χ4n) is 0.983. The van der Waals surface area contributed by atoms with Crippen molar-refractivity contribution in [2.45, 2.75) is 6.42 Å². The zero-order valence-corrected chi connectivity index (χ0v) is 7.81. The molecule has 0 atom stereocenters. The van der Waals surface area contributed by atoms with Crippen LogP contribution < -0.4 is 5.43 Å². The predicted octanol–water partition coefficient (Wildman–Crippen LogP) is 1.52. The molecule has 1 N–H and O–H groups in total. The van der Waals surface area contributed by atoms with E-state index >= 15 is 0 Å². The average molecular weight is 188 g/mol. The monoisotopic (exact) mass is 188 g/mol. The van der Waals surface area contributed by atoms with Crippen molar-refractivity contribution in [2.24, 2.45) is 5.10 Å². The summed E-state index contributed by atoms with van der Waals surface area (Å²) in [5, 5.41) is 3.64. The van der Waals surface area contributed by atoms with Gasteiger partial charge in [-0.2, -0.15) is 5.10 Å². The lowest BCUT2D eigenvalue weighted by Gasteiger charge is -1.98. The SMILES string of the molecule is C=C/C=N\NC(=O)Cc1ccccc1. The van der Waals surface area contributed by atoms with Crippen molar-refractivity contribution in [3.63, 3.8) is 0 Å². The van der Waals surface area contributed by atoms with E-state index in [2.05, 4.69) is 17.1 Å². The Morgan fingerprint density at radius 1 is 1.43 bits per heavy atom. The lowest BCUT2D eigenvalue weighted by molar-refractivity contribution is -0.120. The zero-order valence-electron chi connectivity index (χ0n) is 7.81. The van der Waals surface area contributed by atoms with Crippen molar-refractivity contribution in [1.29, 1.82) is 0 Å². The minimum Gasteiger partial charge on any atom is -0.273 e. The third-order valence-electron chi connectivity index (χ3n) is 1.58. The molecule has 0 bridgehead atoms. The van der Waals surface area contributed by atoms with Crippen LogP contribution in [0.1, 0.15) is 5.56 Å². The summed E-state index contributed by atoms with van der Waals surface area (Å²) in [6.07, 6.45) is 3.28. The van der Waals surface area contributed by atoms with Gasteiger partial charge in [0.1, 0.15) is 0 Å². The van der Waals surface area contributed by atoms with Crippen molar-refractivity contribution in [3.05, 3.63) is 48.6 Å².